The molecule has 2 fully saturated rings. The number of thioether (sulfide) groups is 2. The van der Waals surface area contributed by atoms with Crippen LogP contribution in [0.15, 0.2) is 28.0 Å². The van der Waals surface area contributed by atoms with E-state index in [4.69, 9.17) is 17.2 Å². The summed E-state index contributed by atoms with van der Waals surface area (Å²) in [5, 5.41) is 0. The van der Waals surface area contributed by atoms with Gasteiger partial charge in [0.05, 0.1) is 10.5 Å². The zero-order valence-electron chi connectivity index (χ0n) is 15.7. The highest BCUT2D eigenvalue weighted by Crippen LogP contribution is 2.33. The van der Waals surface area contributed by atoms with Gasteiger partial charge in [0.2, 0.25) is 0 Å². The zero-order chi connectivity index (χ0) is 19.8. The Morgan fingerprint density at radius 2 is 2.04 bits per heavy atom. The molecule has 0 saturated carbocycles. The van der Waals surface area contributed by atoms with E-state index in [-0.39, 0.29) is 11.5 Å². The fraction of sp³-hybridized carbons (Fsp3) is 0.368. The van der Waals surface area contributed by atoms with Crippen molar-refractivity contribution in [3.8, 4) is 0 Å². The Bertz CT molecular complexity index is 1060. The van der Waals surface area contributed by atoms with Crippen LogP contribution in [0.3, 0.4) is 0 Å². The minimum atomic E-state index is -0.163. The third-order valence-electron chi connectivity index (χ3n) is 4.84. The molecule has 146 valence electrons. The molecule has 4 rings (SSSR count). The standard InChI is InChI=1S/C19H20N4O2S3/c1-3-22-18(25)14(28-19(22)26)11-13-16(21-7-9-27-10-8-21)20-15-12(2)5-4-6-23(15)17(13)24/h4-6,11H,3,7-10H2,1-2H3/b14-11-. The molecule has 9 heteroatoms. The molecule has 2 saturated heterocycles. The van der Waals surface area contributed by atoms with Crippen molar-refractivity contribution < 1.29 is 4.79 Å². The summed E-state index contributed by atoms with van der Waals surface area (Å²) in [6.45, 7) is 6.02. The molecule has 0 unspecified atom stereocenters. The van der Waals surface area contributed by atoms with Crippen LogP contribution in [0.25, 0.3) is 11.7 Å². The lowest BCUT2D eigenvalue weighted by Crippen LogP contribution is -2.36. The quantitative estimate of drug-likeness (QED) is 0.546. The van der Waals surface area contributed by atoms with E-state index in [1.54, 1.807) is 21.6 Å². The van der Waals surface area contributed by atoms with Crippen molar-refractivity contribution >= 4 is 63.5 Å². The number of aryl methyl sites for hydroxylation is 1. The van der Waals surface area contributed by atoms with Crippen LogP contribution in [-0.2, 0) is 4.79 Å². The summed E-state index contributed by atoms with van der Waals surface area (Å²) >= 11 is 8.45. The van der Waals surface area contributed by atoms with Gasteiger partial charge in [0.15, 0.2) is 0 Å². The van der Waals surface area contributed by atoms with E-state index in [0.717, 1.165) is 30.2 Å². The van der Waals surface area contributed by atoms with Gasteiger partial charge in [0.1, 0.15) is 15.8 Å². The molecule has 0 radical (unpaired) electrons. The van der Waals surface area contributed by atoms with Gasteiger partial charge >= 0.3 is 0 Å². The third kappa shape index (κ3) is 3.35. The van der Waals surface area contributed by atoms with Crippen LogP contribution in [-0.4, -0.2) is 55.7 Å². The summed E-state index contributed by atoms with van der Waals surface area (Å²) in [5.41, 5.74) is 1.88. The molecule has 2 aliphatic heterocycles. The van der Waals surface area contributed by atoms with Crippen molar-refractivity contribution in [2.75, 3.05) is 36.0 Å². The molecule has 0 atom stereocenters. The highest BCUT2D eigenvalue weighted by atomic mass is 32.2. The molecule has 2 aromatic rings. The van der Waals surface area contributed by atoms with Crippen molar-refractivity contribution in [1.29, 1.82) is 0 Å². The lowest BCUT2D eigenvalue weighted by molar-refractivity contribution is -0.121. The topological polar surface area (TPSA) is 57.9 Å². The van der Waals surface area contributed by atoms with Crippen molar-refractivity contribution in [1.82, 2.24) is 14.3 Å². The molecular formula is C19H20N4O2S3. The van der Waals surface area contributed by atoms with Crippen LogP contribution in [0.5, 0.6) is 0 Å². The van der Waals surface area contributed by atoms with E-state index in [0.29, 0.717) is 32.8 Å². The van der Waals surface area contributed by atoms with Crippen LogP contribution in [0.1, 0.15) is 18.1 Å². The number of thiocarbonyl (C=S) groups is 1. The fourth-order valence-electron chi connectivity index (χ4n) is 3.35. The summed E-state index contributed by atoms with van der Waals surface area (Å²) in [4.78, 5) is 35.1. The molecule has 0 aromatic carbocycles. The molecule has 4 heterocycles. The average Bonchev–Trinajstić information content (AvgIpc) is 2.97. The first kappa shape index (κ1) is 19.5. The number of hydrogen-bond donors (Lipinski definition) is 0. The minimum Gasteiger partial charge on any atom is -0.354 e. The zero-order valence-corrected chi connectivity index (χ0v) is 18.1. The largest absolute Gasteiger partial charge is 0.354 e. The predicted molar refractivity (Wildman–Crippen MR) is 121 cm³/mol. The van der Waals surface area contributed by atoms with E-state index in [1.807, 2.05) is 37.7 Å². The first-order valence-corrected chi connectivity index (χ1v) is 11.5. The van der Waals surface area contributed by atoms with Crippen molar-refractivity contribution in [3.05, 3.63) is 44.7 Å². The van der Waals surface area contributed by atoms with Crippen molar-refractivity contribution in [2.24, 2.45) is 0 Å². The van der Waals surface area contributed by atoms with E-state index < -0.39 is 0 Å². The van der Waals surface area contributed by atoms with Crippen molar-refractivity contribution in [3.63, 3.8) is 0 Å². The Morgan fingerprint density at radius 3 is 2.71 bits per heavy atom. The number of hydrogen-bond acceptors (Lipinski definition) is 7. The first-order chi connectivity index (χ1) is 13.5. The number of amides is 1. The van der Waals surface area contributed by atoms with Crippen LogP contribution < -0.4 is 10.5 Å². The van der Waals surface area contributed by atoms with Crippen LogP contribution in [0, 0.1) is 6.92 Å². The normalized spacial score (nSPS) is 19.3. The van der Waals surface area contributed by atoms with Gasteiger partial charge < -0.3 is 4.90 Å². The number of carbonyl (C=O) groups excluding carboxylic acids is 1. The Hall–Kier alpha value is -1.84. The first-order valence-electron chi connectivity index (χ1n) is 9.11. The second-order valence-electron chi connectivity index (χ2n) is 6.56. The molecule has 0 aliphatic carbocycles. The number of likely N-dealkylation sites (N-methyl/N-ethyl adjacent to an activating group) is 1. The summed E-state index contributed by atoms with van der Waals surface area (Å²) in [5.74, 6) is 2.49. The SMILES string of the molecule is CCN1C(=O)/C(=C/c2c(N3CCSCC3)nc3c(C)cccn3c2=O)SC1=S. The summed E-state index contributed by atoms with van der Waals surface area (Å²) in [6, 6.07) is 3.78. The maximum Gasteiger partial charge on any atom is 0.267 e. The molecule has 2 aliphatic rings. The number of anilines is 1. The Labute approximate surface area is 177 Å². The van der Waals surface area contributed by atoms with Gasteiger partial charge in [-0.05, 0) is 31.6 Å². The Morgan fingerprint density at radius 1 is 1.29 bits per heavy atom. The second-order valence-corrected chi connectivity index (χ2v) is 9.46. The highest BCUT2D eigenvalue weighted by Gasteiger charge is 2.32. The second kappa shape index (κ2) is 7.88. The average molecular weight is 433 g/mol. The monoisotopic (exact) mass is 432 g/mol. The predicted octanol–water partition coefficient (Wildman–Crippen LogP) is 2.78. The number of carbonyl (C=O) groups is 1. The molecule has 1 amide bonds. The molecule has 0 spiro atoms. The van der Waals surface area contributed by atoms with Gasteiger partial charge in [0, 0.05) is 37.3 Å². The van der Waals surface area contributed by atoms with Crippen LogP contribution in [0.2, 0.25) is 0 Å². The van der Waals surface area contributed by atoms with Crippen LogP contribution >= 0.6 is 35.7 Å². The molecular weight excluding hydrogens is 412 g/mol. The lowest BCUT2D eigenvalue weighted by Gasteiger charge is -2.28. The Balaban J connectivity index is 1.92. The number of aromatic nitrogens is 2. The maximum atomic E-state index is 13.4. The third-order valence-corrected chi connectivity index (χ3v) is 7.16. The smallest absolute Gasteiger partial charge is 0.267 e. The lowest BCUT2D eigenvalue weighted by atomic mass is 10.2. The molecule has 28 heavy (non-hydrogen) atoms. The van der Waals surface area contributed by atoms with Gasteiger partial charge in [-0.3, -0.25) is 18.9 Å². The van der Waals surface area contributed by atoms with Crippen molar-refractivity contribution in [2.45, 2.75) is 13.8 Å². The fourth-order valence-corrected chi connectivity index (χ4v) is 5.62. The van der Waals surface area contributed by atoms with E-state index in [2.05, 4.69) is 4.90 Å². The van der Waals surface area contributed by atoms with Crippen LogP contribution in [0.4, 0.5) is 5.82 Å². The number of pyridine rings is 1. The Kier molecular flexibility index (Phi) is 5.48. The van der Waals surface area contributed by atoms with E-state index in [9.17, 15) is 9.59 Å². The minimum absolute atomic E-state index is 0.147. The highest BCUT2D eigenvalue weighted by molar-refractivity contribution is 8.26. The van der Waals surface area contributed by atoms with Gasteiger partial charge in [0.25, 0.3) is 11.5 Å². The summed E-state index contributed by atoms with van der Waals surface area (Å²) < 4.78 is 2.09. The van der Waals surface area contributed by atoms with Gasteiger partial charge in [-0.1, -0.05) is 30.0 Å². The molecule has 0 bridgehead atoms. The molecule has 6 nitrogen and oxygen atoms in total. The van der Waals surface area contributed by atoms with E-state index >= 15 is 0 Å². The van der Waals surface area contributed by atoms with Gasteiger partial charge in [-0.2, -0.15) is 11.8 Å². The summed E-state index contributed by atoms with van der Waals surface area (Å²) in [7, 11) is 0. The number of nitrogens with zero attached hydrogens (tertiary/aromatic N) is 4. The molecule has 2 aromatic heterocycles. The van der Waals surface area contributed by atoms with Gasteiger partial charge in [-0.25, -0.2) is 4.98 Å². The summed E-state index contributed by atoms with van der Waals surface area (Å²) in [6.07, 6.45) is 3.40. The molecule has 0 N–H and O–H groups in total. The number of fused-ring (bicyclic) bond motifs is 1. The van der Waals surface area contributed by atoms with E-state index in [1.165, 1.54) is 11.8 Å². The number of rotatable bonds is 3. The van der Waals surface area contributed by atoms with Gasteiger partial charge in [-0.15, -0.1) is 0 Å². The maximum absolute atomic E-state index is 13.4.